The van der Waals surface area contributed by atoms with Crippen molar-refractivity contribution in [3.63, 3.8) is 0 Å². The number of ketones is 1. The van der Waals surface area contributed by atoms with Gasteiger partial charge in [-0.15, -0.1) is 0 Å². The average Bonchev–Trinajstić information content (AvgIpc) is 2.41. The van der Waals surface area contributed by atoms with Gasteiger partial charge in [0.05, 0.1) is 0 Å². The molecule has 0 heterocycles. The molecule has 2 aromatic rings. The van der Waals surface area contributed by atoms with Crippen LogP contribution in [0.5, 0.6) is 0 Å². The standard InChI is InChI=1S/C17H18OS/c1-12-5-3-4-6-16(12)11-17(19)15-9-7-14(8-10-15)13(2)18/h3-10,17,19H,11H2,1-2H3. The molecule has 0 spiro atoms. The first-order chi connectivity index (χ1) is 9.08. The Morgan fingerprint density at radius 2 is 1.74 bits per heavy atom. The molecule has 0 saturated carbocycles. The minimum absolute atomic E-state index is 0.0983. The van der Waals surface area contributed by atoms with Gasteiger partial charge in [-0.3, -0.25) is 4.79 Å². The van der Waals surface area contributed by atoms with E-state index >= 15 is 0 Å². The maximum absolute atomic E-state index is 11.2. The van der Waals surface area contributed by atoms with Gasteiger partial charge in [-0.25, -0.2) is 0 Å². The maximum atomic E-state index is 11.2. The molecule has 0 aromatic heterocycles. The second-order valence-electron chi connectivity index (χ2n) is 4.82. The highest BCUT2D eigenvalue weighted by atomic mass is 32.1. The molecule has 0 aliphatic carbocycles. The van der Waals surface area contributed by atoms with E-state index in [1.807, 2.05) is 30.3 Å². The zero-order valence-electron chi connectivity index (χ0n) is 11.3. The van der Waals surface area contributed by atoms with Crippen LogP contribution in [0.3, 0.4) is 0 Å². The van der Waals surface area contributed by atoms with Crippen molar-refractivity contribution < 1.29 is 4.79 Å². The first-order valence-electron chi connectivity index (χ1n) is 6.41. The number of carbonyl (C=O) groups excluding carboxylic acids is 1. The van der Waals surface area contributed by atoms with Crippen LogP contribution in [0.2, 0.25) is 0 Å². The number of rotatable bonds is 4. The van der Waals surface area contributed by atoms with Gasteiger partial charge in [0.1, 0.15) is 0 Å². The summed E-state index contributed by atoms with van der Waals surface area (Å²) in [4.78, 5) is 11.2. The molecule has 0 amide bonds. The highest BCUT2D eigenvalue weighted by molar-refractivity contribution is 7.80. The first-order valence-corrected chi connectivity index (χ1v) is 6.93. The van der Waals surface area contributed by atoms with Crippen LogP contribution >= 0.6 is 12.6 Å². The van der Waals surface area contributed by atoms with Crippen LogP contribution in [0.15, 0.2) is 48.5 Å². The molecule has 0 bridgehead atoms. The topological polar surface area (TPSA) is 17.1 Å². The van der Waals surface area contributed by atoms with Crippen LogP contribution in [0.4, 0.5) is 0 Å². The summed E-state index contributed by atoms with van der Waals surface area (Å²) in [5.74, 6) is 0.0983. The van der Waals surface area contributed by atoms with Crippen LogP contribution in [0, 0.1) is 6.92 Å². The highest BCUT2D eigenvalue weighted by Gasteiger charge is 2.09. The number of hydrogen-bond acceptors (Lipinski definition) is 2. The van der Waals surface area contributed by atoms with Gasteiger partial charge < -0.3 is 0 Å². The Kier molecular flexibility index (Phi) is 4.43. The number of benzene rings is 2. The van der Waals surface area contributed by atoms with Gasteiger partial charge in [0.15, 0.2) is 5.78 Å². The van der Waals surface area contributed by atoms with Crippen LogP contribution in [-0.2, 0) is 6.42 Å². The summed E-state index contributed by atoms with van der Waals surface area (Å²) in [5, 5.41) is 0.155. The molecule has 19 heavy (non-hydrogen) atoms. The number of hydrogen-bond donors (Lipinski definition) is 1. The molecule has 0 aliphatic rings. The Bertz CT molecular complexity index is 572. The van der Waals surface area contributed by atoms with Gasteiger partial charge in [-0.05, 0) is 37.0 Å². The predicted octanol–water partition coefficient (Wildman–Crippen LogP) is 4.41. The number of Topliss-reactive ketones (excluding diaryl/α,β-unsaturated/α-hetero) is 1. The van der Waals surface area contributed by atoms with E-state index in [0.717, 1.165) is 17.5 Å². The lowest BCUT2D eigenvalue weighted by atomic mass is 9.99. The molecule has 0 fully saturated rings. The van der Waals surface area contributed by atoms with E-state index in [-0.39, 0.29) is 11.0 Å². The van der Waals surface area contributed by atoms with Crippen molar-refractivity contribution in [2.75, 3.05) is 0 Å². The second-order valence-corrected chi connectivity index (χ2v) is 5.45. The van der Waals surface area contributed by atoms with Crippen LogP contribution in [-0.4, -0.2) is 5.78 Å². The van der Waals surface area contributed by atoms with Gasteiger partial charge >= 0.3 is 0 Å². The van der Waals surface area contributed by atoms with Crippen molar-refractivity contribution in [1.82, 2.24) is 0 Å². The van der Waals surface area contributed by atoms with E-state index in [1.165, 1.54) is 11.1 Å². The maximum Gasteiger partial charge on any atom is 0.159 e. The van der Waals surface area contributed by atoms with Crippen molar-refractivity contribution in [3.8, 4) is 0 Å². The lowest BCUT2D eigenvalue weighted by molar-refractivity contribution is 0.101. The SMILES string of the molecule is CC(=O)c1ccc(C(S)Cc2ccccc2C)cc1. The second kappa shape index (κ2) is 6.07. The normalized spacial score (nSPS) is 12.2. The zero-order chi connectivity index (χ0) is 13.8. The van der Waals surface area contributed by atoms with Crippen molar-refractivity contribution in [3.05, 3.63) is 70.8 Å². The summed E-state index contributed by atoms with van der Waals surface area (Å²) in [6.07, 6.45) is 0.898. The summed E-state index contributed by atoms with van der Waals surface area (Å²) < 4.78 is 0. The fourth-order valence-electron chi connectivity index (χ4n) is 2.11. The van der Waals surface area contributed by atoms with Crippen molar-refractivity contribution in [2.45, 2.75) is 25.5 Å². The van der Waals surface area contributed by atoms with Crippen molar-refractivity contribution in [1.29, 1.82) is 0 Å². The summed E-state index contributed by atoms with van der Waals surface area (Å²) in [7, 11) is 0. The minimum atomic E-state index is 0.0983. The summed E-state index contributed by atoms with van der Waals surface area (Å²) >= 11 is 4.68. The Balaban J connectivity index is 2.14. The zero-order valence-corrected chi connectivity index (χ0v) is 12.2. The third-order valence-electron chi connectivity index (χ3n) is 3.38. The molecule has 2 aromatic carbocycles. The monoisotopic (exact) mass is 270 g/mol. The van der Waals surface area contributed by atoms with Gasteiger partial charge in [0.25, 0.3) is 0 Å². The summed E-state index contributed by atoms with van der Waals surface area (Å²) in [6.45, 7) is 3.70. The van der Waals surface area contributed by atoms with E-state index in [4.69, 9.17) is 0 Å². The van der Waals surface area contributed by atoms with Crippen LogP contribution in [0.1, 0.15) is 39.2 Å². The van der Waals surface area contributed by atoms with Gasteiger partial charge in [0.2, 0.25) is 0 Å². The molecule has 0 aliphatic heterocycles. The predicted molar refractivity (Wildman–Crippen MR) is 83.1 cm³/mol. The molecule has 1 atom stereocenters. The lowest BCUT2D eigenvalue weighted by Crippen LogP contribution is -1.99. The van der Waals surface area contributed by atoms with Crippen LogP contribution < -0.4 is 0 Å². The number of thiol groups is 1. The fraction of sp³-hybridized carbons (Fsp3) is 0.235. The van der Waals surface area contributed by atoms with E-state index < -0.39 is 0 Å². The van der Waals surface area contributed by atoms with E-state index in [9.17, 15) is 4.79 Å². The van der Waals surface area contributed by atoms with E-state index in [2.05, 4.69) is 37.8 Å². The lowest BCUT2D eigenvalue weighted by Gasteiger charge is -2.13. The minimum Gasteiger partial charge on any atom is -0.295 e. The van der Waals surface area contributed by atoms with Crippen molar-refractivity contribution >= 4 is 18.4 Å². The van der Waals surface area contributed by atoms with Crippen molar-refractivity contribution in [2.24, 2.45) is 0 Å². The highest BCUT2D eigenvalue weighted by Crippen LogP contribution is 2.26. The Labute approximate surface area is 120 Å². The molecule has 0 radical (unpaired) electrons. The molecular formula is C17H18OS. The molecular weight excluding hydrogens is 252 g/mol. The van der Waals surface area contributed by atoms with E-state index in [1.54, 1.807) is 6.92 Å². The van der Waals surface area contributed by atoms with Crippen LogP contribution in [0.25, 0.3) is 0 Å². The largest absolute Gasteiger partial charge is 0.295 e. The third-order valence-corrected chi connectivity index (χ3v) is 3.86. The number of aryl methyl sites for hydroxylation is 1. The molecule has 0 saturated heterocycles. The molecule has 0 N–H and O–H groups in total. The van der Waals surface area contributed by atoms with Gasteiger partial charge in [0, 0.05) is 10.8 Å². The molecule has 1 nitrogen and oxygen atoms in total. The Hall–Kier alpha value is -1.54. The molecule has 2 heteroatoms. The molecule has 98 valence electrons. The Morgan fingerprint density at radius 3 is 2.32 bits per heavy atom. The summed E-state index contributed by atoms with van der Waals surface area (Å²) in [5.41, 5.74) is 4.51. The fourth-order valence-corrected chi connectivity index (χ4v) is 2.47. The van der Waals surface area contributed by atoms with Gasteiger partial charge in [-0.2, -0.15) is 12.6 Å². The molecule has 1 unspecified atom stereocenters. The summed E-state index contributed by atoms with van der Waals surface area (Å²) in [6, 6.07) is 16.1. The number of carbonyl (C=O) groups is 1. The first kappa shape index (κ1) is 13.9. The average molecular weight is 270 g/mol. The van der Waals surface area contributed by atoms with Gasteiger partial charge in [-0.1, -0.05) is 48.5 Å². The smallest absolute Gasteiger partial charge is 0.159 e. The quantitative estimate of drug-likeness (QED) is 0.643. The van der Waals surface area contributed by atoms with E-state index in [0.29, 0.717) is 0 Å². The third kappa shape index (κ3) is 3.48. The Morgan fingerprint density at radius 1 is 1.11 bits per heavy atom. The molecule has 2 rings (SSSR count).